The molecular weight excluding hydrogens is 444 g/mol. The highest BCUT2D eigenvalue weighted by Gasteiger charge is 2.52. The van der Waals surface area contributed by atoms with Crippen LogP contribution in [-0.2, 0) is 19.0 Å². The van der Waals surface area contributed by atoms with Gasteiger partial charge in [0.05, 0.1) is 28.7 Å². The molecule has 7 heteroatoms. The zero-order valence-corrected chi connectivity index (χ0v) is 18.9. The number of hydrogen-bond donors (Lipinski definition) is 1. The lowest BCUT2D eigenvalue weighted by Crippen LogP contribution is -2.52. The van der Waals surface area contributed by atoms with E-state index in [0.717, 1.165) is 41.4 Å². The molecule has 178 valence electrons. The summed E-state index contributed by atoms with van der Waals surface area (Å²) in [7, 11) is 0. The highest BCUT2D eigenvalue weighted by atomic mass is 19.4. The van der Waals surface area contributed by atoms with E-state index in [1.165, 1.54) is 24.3 Å². The Morgan fingerprint density at radius 1 is 1.12 bits per heavy atom. The number of aryl methyl sites for hydroxylation is 1. The van der Waals surface area contributed by atoms with Crippen LogP contribution in [0.3, 0.4) is 0 Å². The molecular formula is C27H26F4N2O. The van der Waals surface area contributed by atoms with E-state index in [1.54, 1.807) is 29.1 Å². The van der Waals surface area contributed by atoms with Crippen LogP contribution in [0.25, 0.3) is 11.8 Å². The Labute approximate surface area is 195 Å². The topological polar surface area (TPSA) is 38.0 Å². The van der Waals surface area contributed by atoms with E-state index in [1.807, 2.05) is 0 Å². The van der Waals surface area contributed by atoms with E-state index < -0.39 is 22.8 Å². The van der Waals surface area contributed by atoms with Gasteiger partial charge < -0.3 is 5.11 Å². The molecule has 2 aliphatic carbocycles. The van der Waals surface area contributed by atoms with Gasteiger partial charge in [-0.25, -0.2) is 9.07 Å². The number of fused-ring (bicyclic) bond motifs is 2. The Bertz CT molecular complexity index is 1240. The molecule has 0 aliphatic heterocycles. The second kappa shape index (κ2) is 8.08. The summed E-state index contributed by atoms with van der Waals surface area (Å²) >= 11 is 0. The van der Waals surface area contributed by atoms with Crippen LogP contribution in [0.5, 0.6) is 0 Å². The fourth-order valence-electron chi connectivity index (χ4n) is 5.60. The van der Waals surface area contributed by atoms with Crippen LogP contribution in [-0.4, -0.2) is 20.5 Å². The molecule has 1 heterocycles. The number of hydrogen-bond acceptors (Lipinski definition) is 2. The van der Waals surface area contributed by atoms with E-state index in [0.29, 0.717) is 31.2 Å². The van der Waals surface area contributed by atoms with Crippen molar-refractivity contribution < 1.29 is 22.7 Å². The van der Waals surface area contributed by atoms with Crippen molar-refractivity contribution in [1.82, 2.24) is 9.78 Å². The fraction of sp³-hybridized carbons (Fsp3) is 0.370. The number of halogens is 4. The summed E-state index contributed by atoms with van der Waals surface area (Å²) in [4.78, 5) is 0. The maximum Gasteiger partial charge on any atom is 0.416 e. The number of rotatable bonds is 4. The van der Waals surface area contributed by atoms with Crippen molar-refractivity contribution in [2.45, 2.75) is 57.2 Å². The van der Waals surface area contributed by atoms with Crippen molar-refractivity contribution in [3.63, 3.8) is 0 Å². The minimum atomic E-state index is -4.38. The lowest BCUT2D eigenvalue weighted by Gasteiger charge is -2.52. The zero-order chi connectivity index (χ0) is 24.1. The normalized spacial score (nSPS) is 24.4. The van der Waals surface area contributed by atoms with Gasteiger partial charge in [0, 0.05) is 5.41 Å². The van der Waals surface area contributed by atoms with Gasteiger partial charge in [-0.05, 0) is 86.1 Å². The molecule has 0 radical (unpaired) electrons. The van der Waals surface area contributed by atoms with Crippen LogP contribution in [0, 0.1) is 11.2 Å². The molecule has 5 rings (SSSR count). The molecule has 3 aromatic rings. The average molecular weight is 471 g/mol. The van der Waals surface area contributed by atoms with Gasteiger partial charge in [0.1, 0.15) is 5.82 Å². The summed E-state index contributed by atoms with van der Waals surface area (Å²) in [6.45, 7) is 2.06. The molecule has 2 aromatic carbocycles. The van der Waals surface area contributed by atoms with E-state index in [2.05, 4.69) is 18.1 Å². The second-order valence-corrected chi connectivity index (χ2v) is 9.71. The Hall–Kier alpha value is -2.93. The lowest BCUT2D eigenvalue weighted by atomic mass is 9.56. The summed E-state index contributed by atoms with van der Waals surface area (Å²) in [5.41, 5.74) is 2.15. The fourth-order valence-corrected chi connectivity index (χ4v) is 5.60. The molecule has 0 amide bonds. The largest absolute Gasteiger partial charge is 0.416 e. The van der Waals surface area contributed by atoms with E-state index in [9.17, 15) is 22.7 Å². The summed E-state index contributed by atoms with van der Waals surface area (Å²) in [6, 6.07) is 11.5. The molecule has 0 unspecified atom stereocenters. The van der Waals surface area contributed by atoms with Gasteiger partial charge in [0.25, 0.3) is 0 Å². The third kappa shape index (κ3) is 3.86. The first-order chi connectivity index (χ1) is 16.1. The standard InChI is InChI=1S/C27H26F4N2O/c1-25-16-19-17-32-33(23-9-7-22(28)8-10-23)24(19)15-20(25)6-3-12-26(25,34)13-11-18-4-2-5-21(14-18)27(29,30)31/h2,4-5,7-10,14-15,17,34H,3,6,11-13,16H2,1H3/t25-,26+/m0/s1. The van der Waals surface area contributed by atoms with Gasteiger partial charge in [-0.2, -0.15) is 18.3 Å². The first kappa shape index (κ1) is 22.8. The van der Waals surface area contributed by atoms with Gasteiger partial charge in [0.2, 0.25) is 0 Å². The number of alkyl halides is 3. The van der Waals surface area contributed by atoms with Crippen molar-refractivity contribution in [2.75, 3.05) is 0 Å². The highest BCUT2D eigenvalue weighted by molar-refractivity contribution is 5.62. The predicted octanol–water partition coefficient (Wildman–Crippen LogP) is 6.52. The maximum absolute atomic E-state index is 13.4. The van der Waals surface area contributed by atoms with Crippen LogP contribution in [0.2, 0.25) is 0 Å². The number of nitrogens with zero attached hydrogens (tertiary/aromatic N) is 2. The second-order valence-electron chi connectivity index (χ2n) is 9.71. The number of benzene rings is 2. The van der Waals surface area contributed by atoms with Crippen LogP contribution in [0.4, 0.5) is 17.6 Å². The van der Waals surface area contributed by atoms with Gasteiger partial charge in [-0.1, -0.05) is 30.7 Å². The van der Waals surface area contributed by atoms with Crippen LogP contribution in [0.1, 0.15) is 55.0 Å². The average Bonchev–Trinajstić information content (AvgIpc) is 3.19. The van der Waals surface area contributed by atoms with Crippen molar-refractivity contribution in [2.24, 2.45) is 5.41 Å². The number of aromatic nitrogens is 2. The van der Waals surface area contributed by atoms with Gasteiger partial charge >= 0.3 is 6.18 Å². The van der Waals surface area contributed by atoms with Crippen molar-refractivity contribution in [3.05, 3.63) is 88.5 Å². The Kier molecular flexibility index (Phi) is 5.43. The highest BCUT2D eigenvalue weighted by Crippen LogP contribution is 2.54. The Balaban J connectivity index is 1.43. The van der Waals surface area contributed by atoms with E-state index in [4.69, 9.17) is 0 Å². The Morgan fingerprint density at radius 2 is 1.88 bits per heavy atom. The molecule has 34 heavy (non-hydrogen) atoms. The maximum atomic E-state index is 13.4. The van der Waals surface area contributed by atoms with Crippen LogP contribution in [0.15, 0.2) is 60.3 Å². The van der Waals surface area contributed by atoms with Crippen LogP contribution < -0.4 is 0 Å². The SMILES string of the molecule is C[C@]12Cc3cnn(-c4ccc(F)cc4)c3C=C1CCC[C@@]2(O)CCc1cccc(C(F)(F)F)c1. The molecule has 3 nitrogen and oxygen atoms in total. The molecule has 2 atom stereocenters. The minimum Gasteiger partial charge on any atom is -0.389 e. The van der Waals surface area contributed by atoms with E-state index >= 15 is 0 Å². The first-order valence-corrected chi connectivity index (χ1v) is 11.5. The van der Waals surface area contributed by atoms with E-state index in [-0.39, 0.29) is 5.82 Å². The Morgan fingerprint density at radius 3 is 2.62 bits per heavy atom. The molecule has 1 fully saturated rings. The third-order valence-electron chi connectivity index (χ3n) is 7.67. The van der Waals surface area contributed by atoms with Gasteiger partial charge in [-0.3, -0.25) is 0 Å². The molecule has 0 saturated heterocycles. The number of aliphatic hydroxyl groups is 1. The first-order valence-electron chi connectivity index (χ1n) is 11.5. The molecule has 2 aliphatic rings. The van der Waals surface area contributed by atoms with Gasteiger partial charge in [0.15, 0.2) is 0 Å². The van der Waals surface area contributed by atoms with Gasteiger partial charge in [-0.15, -0.1) is 0 Å². The zero-order valence-electron chi connectivity index (χ0n) is 18.9. The van der Waals surface area contributed by atoms with Crippen molar-refractivity contribution >= 4 is 6.08 Å². The molecule has 1 aromatic heterocycles. The van der Waals surface area contributed by atoms with Crippen molar-refractivity contribution in [3.8, 4) is 5.69 Å². The van der Waals surface area contributed by atoms with Crippen molar-refractivity contribution in [1.29, 1.82) is 0 Å². The molecule has 1 N–H and O–H groups in total. The summed E-state index contributed by atoms with van der Waals surface area (Å²) < 4.78 is 54.5. The smallest absolute Gasteiger partial charge is 0.389 e. The predicted molar refractivity (Wildman–Crippen MR) is 122 cm³/mol. The molecule has 0 spiro atoms. The summed E-state index contributed by atoms with van der Waals surface area (Å²) in [6.07, 6.45) is 3.08. The van der Waals surface area contributed by atoms with Crippen LogP contribution >= 0.6 is 0 Å². The summed E-state index contributed by atoms with van der Waals surface area (Å²) in [5, 5.41) is 16.4. The monoisotopic (exact) mass is 470 g/mol. The summed E-state index contributed by atoms with van der Waals surface area (Å²) in [5.74, 6) is -0.311. The lowest BCUT2D eigenvalue weighted by molar-refractivity contribution is -0.137. The minimum absolute atomic E-state index is 0.311. The third-order valence-corrected chi connectivity index (χ3v) is 7.67. The quantitative estimate of drug-likeness (QED) is 0.441. The molecule has 0 bridgehead atoms. The molecule has 1 saturated carbocycles.